The highest BCUT2D eigenvalue weighted by atomic mass is 16.5. The van der Waals surface area contributed by atoms with Gasteiger partial charge in [0.25, 0.3) is 0 Å². The number of rotatable bonds is 8. The lowest BCUT2D eigenvalue weighted by Crippen LogP contribution is -2.40. The van der Waals surface area contributed by atoms with Gasteiger partial charge in [0.05, 0.1) is 6.54 Å². The molecule has 1 N–H and O–H groups in total. The molecule has 184 valence electrons. The molecule has 0 aliphatic carbocycles. The van der Waals surface area contributed by atoms with Gasteiger partial charge in [-0.25, -0.2) is 0 Å². The van der Waals surface area contributed by atoms with Gasteiger partial charge in [-0.3, -0.25) is 14.6 Å². The maximum Gasteiger partial charge on any atom is 0.241 e. The summed E-state index contributed by atoms with van der Waals surface area (Å²) in [7, 11) is 0. The summed E-state index contributed by atoms with van der Waals surface area (Å²) in [5, 5.41) is 7.28. The molecule has 0 saturated carbocycles. The van der Waals surface area contributed by atoms with Crippen molar-refractivity contribution in [2.45, 2.75) is 52.2 Å². The molecule has 0 unspecified atom stereocenters. The maximum atomic E-state index is 12.7. The summed E-state index contributed by atoms with van der Waals surface area (Å²) in [5.74, 6) is 1.47. The van der Waals surface area contributed by atoms with E-state index in [1.807, 2.05) is 12.1 Å². The fraction of sp³-hybridized carbons (Fsp3) is 0.464. The molecule has 2 aromatic carbocycles. The van der Waals surface area contributed by atoms with E-state index in [9.17, 15) is 4.79 Å². The Kier molecular flexibility index (Phi) is 7.54. The van der Waals surface area contributed by atoms with E-state index in [1.54, 1.807) is 0 Å². The topological polar surface area (TPSA) is 74.5 Å². The molecule has 0 spiro atoms. The van der Waals surface area contributed by atoms with E-state index in [4.69, 9.17) is 4.52 Å². The van der Waals surface area contributed by atoms with E-state index in [0.717, 1.165) is 43.6 Å². The van der Waals surface area contributed by atoms with E-state index < -0.39 is 0 Å². The Bertz CT molecular complexity index is 1110. The highest BCUT2D eigenvalue weighted by Crippen LogP contribution is 2.21. The third kappa shape index (κ3) is 6.35. The van der Waals surface area contributed by atoms with Gasteiger partial charge in [-0.1, -0.05) is 53.2 Å². The third-order valence-electron chi connectivity index (χ3n) is 7.16. The molecule has 1 aromatic heterocycles. The first kappa shape index (κ1) is 23.7. The van der Waals surface area contributed by atoms with Crippen LogP contribution in [0.5, 0.6) is 0 Å². The van der Waals surface area contributed by atoms with E-state index in [2.05, 4.69) is 68.6 Å². The predicted octanol–water partition coefficient (Wildman–Crippen LogP) is 4.17. The van der Waals surface area contributed by atoms with Crippen molar-refractivity contribution in [3.05, 3.63) is 71.1 Å². The van der Waals surface area contributed by atoms with Crippen molar-refractivity contribution in [1.82, 2.24) is 25.3 Å². The molecule has 35 heavy (non-hydrogen) atoms. The number of nitrogens with one attached hydrogen (secondary N) is 1. The molecule has 7 heteroatoms. The molecule has 2 aliphatic rings. The number of nitrogens with zero attached hydrogens (tertiary/aromatic N) is 4. The van der Waals surface area contributed by atoms with Crippen LogP contribution in [0.25, 0.3) is 11.4 Å². The van der Waals surface area contributed by atoms with Gasteiger partial charge < -0.3 is 9.84 Å². The number of aromatic nitrogens is 2. The second-order valence-electron chi connectivity index (χ2n) is 9.95. The predicted molar refractivity (Wildman–Crippen MR) is 135 cm³/mol. The first-order valence-electron chi connectivity index (χ1n) is 12.8. The van der Waals surface area contributed by atoms with Crippen LogP contribution in [0.1, 0.15) is 48.3 Å². The normalized spacial score (nSPS) is 17.6. The Balaban J connectivity index is 1.04. The van der Waals surface area contributed by atoms with E-state index in [0.29, 0.717) is 24.8 Å². The van der Waals surface area contributed by atoms with Crippen molar-refractivity contribution in [3.8, 4) is 11.4 Å². The van der Waals surface area contributed by atoms with Crippen molar-refractivity contribution in [1.29, 1.82) is 0 Å². The number of hydrogen-bond acceptors (Lipinski definition) is 6. The van der Waals surface area contributed by atoms with Gasteiger partial charge in [-0.15, -0.1) is 0 Å². The Morgan fingerprint density at radius 1 is 0.971 bits per heavy atom. The van der Waals surface area contributed by atoms with Crippen molar-refractivity contribution in [2.24, 2.45) is 5.92 Å². The number of aryl methyl sites for hydroxylation is 1. The largest absolute Gasteiger partial charge is 0.352 e. The minimum Gasteiger partial charge on any atom is -0.352 e. The summed E-state index contributed by atoms with van der Waals surface area (Å²) < 4.78 is 5.48. The quantitative estimate of drug-likeness (QED) is 0.529. The SMILES string of the molecule is Cc1cccc(-c2noc(CN3CCC(C(=O)NCc4ccc(CN5CCCC5)cc4)CC3)n2)c1. The van der Waals surface area contributed by atoms with Gasteiger partial charge in [0.2, 0.25) is 17.6 Å². The zero-order valence-corrected chi connectivity index (χ0v) is 20.6. The fourth-order valence-electron chi connectivity index (χ4n) is 5.06. The summed E-state index contributed by atoms with van der Waals surface area (Å²) in [5.41, 5.74) is 4.64. The monoisotopic (exact) mass is 473 g/mol. The highest BCUT2D eigenvalue weighted by Gasteiger charge is 2.26. The van der Waals surface area contributed by atoms with E-state index >= 15 is 0 Å². The van der Waals surface area contributed by atoms with Crippen LogP contribution in [0.4, 0.5) is 0 Å². The van der Waals surface area contributed by atoms with Crippen molar-refractivity contribution in [3.63, 3.8) is 0 Å². The van der Waals surface area contributed by atoms with Crippen molar-refractivity contribution < 1.29 is 9.32 Å². The minimum absolute atomic E-state index is 0.0613. The first-order chi connectivity index (χ1) is 17.1. The molecule has 0 bridgehead atoms. The van der Waals surface area contributed by atoms with Gasteiger partial charge in [0, 0.05) is 24.6 Å². The van der Waals surface area contributed by atoms with E-state index in [-0.39, 0.29) is 11.8 Å². The van der Waals surface area contributed by atoms with Crippen LogP contribution < -0.4 is 5.32 Å². The second kappa shape index (κ2) is 11.1. The molecule has 0 atom stereocenters. The summed E-state index contributed by atoms with van der Waals surface area (Å²) in [4.78, 5) is 22.1. The van der Waals surface area contributed by atoms with Gasteiger partial charge >= 0.3 is 0 Å². The van der Waals surface area contributed by atoms with Crippen molar-refractivity contribution in [2.75, 3.05) is 26.2 Å². The molecule has 1 amide bonds. The molecule has 2 fully saturated rings. The van der Waals surface area contributed by atoms with Crippen LogP contribution in [-0.4, -0.2) is 52.0 Å². The smallest absolute Gasteiger partial charge is 0.241 e. The Labute approximate surface area is 207 Å². The molecule has 3 aromatic rings. The summed E-state index contributed by atoms with van der Waals surface area (Å²) in [6.07, 6.45) is 4.32. The lowest BCUT2D eigenvalue weighted by molar-refractivity contribution is -0.126. The number of carbonyl (C=O) groups is 1. The number of likely N-dealkylation sites (tertiary alicyclic amines) is 2. The standard InChI is InChI=1S/C28H35N5O2/c1-21-5-4-6-25(17-21)27-30-26(35-31-27)20-33-15-11-24(12-16-33)28(34)29-18-22-7-9-23(10-8-22)19-32-13-2-3-14-32/h4-10,17,24H,2-3,11-16,18-20H2,1H3,(H,29,34). The molecular formula is C28H35N5O2. The number of amides is 1. The summed E-state index contributed by atoms with van der Waals surface area (Å²) >= 11 is 0. The number of carbonyl (C=O) groups excluding carboxylic acids is 1. The van der Waals surface area contributed by atoms with Crippen LogP contribution in [0.15, 0.2) is 53.1 Å². The first-order valence-corrected chi connectivity index (χ1v) is 12.8. The molecule has 2 aliphatic heterocycles. The number of piperidine rings is 1. The molecule has 7 nitrogen and oxygen atoms in total. The van der Waals surface area contributed by atoms with Crippen LogP contribution in [-0.2, 0) is 24.4 Å². The highest BCUT2D eigenvalue weighted by molar-refractivity contribution is 5.78. The van der Waals surface area contributed by atoms with Crippen LogP contribution in [0.2, 0.25) is 0 Å². The molecule has 0 radical (unpaired) electrons. The zero-order valence-electron chi connectivity index (χ0n) is 20.6. The van der Waals surface area contributed by atoms with E-state index in [1.165, 1.54) is 37.1 Å². The molecule has 5 rings (SSSR count). The Morgan fingerprint density at radius 3 is 2.43 bits per heavy atom. The third-order valence-corrected chi connectivity index (χ3v) is 7.16. The van der Waals surface area contributed by atoms with Crippen molar-refractivity contribution >= 4 is 5.91 Å². The zero-order chi connectivity index (χ0) is 24.0. The molecule has 2 saturated heterocycles. The number of hydrogen-bond donors (Lipinski definition) is 1. The molecule has 3 heterocycles. The van der Waals surface area contributed by atoms with Gasteiger partial charge in [0.1, 0.15) is 0 Å². The Morgan fingerprint density at radius 2 is 1.69 bits per heavy atom. The van der Waals surface area contributed by atoms with Gasteiger partial charge in [-0.2, -0.15) is 4.98 Å². The fourth-order valence-corrected chi connectivity index (χ4v) is 5.06. The average Bonchev–Trinajstić information content (AvgIpc) is 3.56. The molecular weight excluding hydrogens is 438 g/mol. The maximum absolute atomic E-state index is 12.7. The average molecular weight is 474 g/mol. The second-order valence-corrected chi connectivity index (χ2v) is 9.95. The van der Waals surface area contributed by atoms with Crippen LogP contribution >= 0.6 is 0 Å². The minimum atomic E-state index is 0.0613. The number of benzene rings is 2. The lowest BCUT2D eigenvalue weighted by atomic mass is 9.96. The summed E-state index contributed by atoms with van der Waals surface area (Å²) in [6.45, 7) is 8.42. The lowest BCUT2D eigenvalue weighted by Gasteiger charge is -2.30. The van der Waals surface area contributed by atoms with Gasteiger partial charge in [-0.05, 0) is 76.0 Å². The van der Waals surface area contributed by atoms with Gasteiger partial charge in [0.15, 0.2) is 0 Å². The van der Waals surface area contributed by atoms with Crippen LogP contribution in [0, 0.1) is 12.8 Å². The Hall–Kier alpha value is -3.03. The summed E-state index contributed by atoms with van der Waals surface area (Å²) in [6, 6.07) is 16.8. The van der Waals surface area contributed by atoms with Crippen LogP contribution in [0.3, 0.4) is 0 Å².